The molecule has 4 aliphatic rings. The molecule has 1 aliphatic carbocycles. The van der Waals surface area contributed by atoms with Gasteiger partial charge in [0.2, 0.25) is 0 Å². The Morgan fingerprint density at radius 1 is 0.957 bits per heavy atom. The number of phenolic OH excluding ortho intramolecular Hbond substituents is 1. The summed E-state index contributed by atoms with van der Waals surface area (Å²) in [6.07, 6.45) is 9.98. The highest BCUT2D eigenvalue weighted by Crippen LogP contribution is 2.39. The van der Waals surface area contributed by atoms with Crippen LogP contribution < -0.4 is 5.32 Å². The molecule has 3 fully saturated rings. The third kappa shape index (κ3) is 7.50. The number of hydrogen-bond acceptors (Lipinski definition) is 7. The number of anilines is 1. The van der Waals surface area contributed by atoms with E-state index < -0.39 is 11.8 Å². The van der Waals surface area contributed by atoms with Crippen LogP contribution in [0.15, 0.2) is 45.3 Å². The Balaban J connectivity index is 1.24. The summed E-state index contributed by atoms with van der Waals surface area (Å²) in [5.41, 5.74) is 1.73. The van der Waals surface area contributed by atoms with Crippen LogP contribution >= 0.6 is 31.9 Å². The molecule has 3 aliphatic heterocycles. The number of rotatable bonds is 7. The van der Waals surface area contributed by atoms with Crippen molar-refractivity contribution in [3.05, 3.63) is 56.5 Å². The van der Waals surface area contributed by atoms with Gasteiger partial charge in [0.15, 0.2) is 0 Å². The molecule has 6 rings (SSSR count). The van der Waals surface area contributed by atoms with Gasteiger partial charge >= 0.3 is 12.1 Å². The number of amides is 3. The van der Waals surface area contributed by atoms with E-state index in [1.807, 2.05) is 29.2 Å². The smallest absolute Gasteiger partial charge is 0.411 e. The number of piperidine rings is 1. The van der Waals surface area contributed by atoms with E-state index >= 15 is 0 Å². The maximum atomic E-state index is 14.0. The van der Waals surface area contributed by atoms with Gasteiger partial charge in [-0.1, -0.05) is 43.9 Å². The molecule has 2 saturated heterocycles. The van der Waals surface area contributed by atoms with Crippen LogP contribution in [0.25, 0.3) is 0 Å². The SMILES string of the molecule is O=CC[C@@]1(N2CCN(C3CCCCCC3)CC2)C[C@H](N2CCc3ccccc3NC2=O)CCN1C(=O)OCc1cc(Br)c(O)c(Br)c1. The number of carbonyl (C=O) groups is 3. The number of phenols is 1. The zero-order valence-electron chi connectivity index (χ0n) is 26.8. The van der Waals surface area contributed by atoms with Crippen LogP contribution in [0.1, 0.15) is 68.9 Å². The zero-order valence-corrected chi connectivity index (χ0v) is 30.0. The van der Waals surface area contributed by atoms with E-state index in [0.717, 1.165) is 50.1 Å². The summed E-state index contributed by atoms with van der Waals surface area (Å²) in [7, 11) is 0. The minimum atomic E-state index is -0.924. The Labute approximate surface area is 294 Å². The van der Waals surface area contributed by atoms with Crippen molar-refractivity contribution in [1.29, 1.82) is 0 Å². The summed E-state index contributed by atoms with van der Waals surface area (Å²) in [5.74, 6) is 0.0794. The molecule has 2 N–H and O–H groups in total. The van der Waals surface area contributed by atoms with Crippen molar-refractivity contribution < 1.29 is 24.2 Å². The number of nitrogens with one attached hydrogen (secondary N) is 1. The van der Waals surface area contributed by atoms with E-state index in [1.165, 1.54) is 38.5 Å². The lowest BCUT2D eigenvalue weighted by Gasteiger charge is -2.57. The number of nitrogens with zero attached hydrogens (tertiary/aromatic N) is 4. The lowest BCUT2D eigenvalue weighted by Crippen LogP contribution is -2.71. The Morgan fingerprint density at radius 3 is 2.36 bits per heavy atom. The van der Waals surface area contributed by atoms with Crippen molar-refractivity contribution in [2.24, 2.45) is 0 Å². The number of para-hydroxylation sites is 1. The van der Waals surface area contributed by atoms with Crippen LogP contribution in [0.5, 0.6) is 5.75 Å². The van der Waals surface area contributed by atoms with E-state index in [4.69, 9.17) is 4.74 Å². The molecule has 0 spiro atoms. The van der Waals surface area contributed by atoms with Crippen LogP contribution in [0.4, 0.5) is 15.3 Å². The fourth-order valence-electron chi connectivity index (χ4n) is 8.15. The van der Waals surface area contributed by atoms with Gasteiger partial charge in [0.1, 0.15) is 24.3 Å². The Bertz CT molecular complexity index is 1420. The number of urea groups is 1. The van der Waals surface area contributed by atoms with Gasteiger partial charge in [-0.2, -0.15) is 0 Å². The fourth-order valence-corrected chi connectivity index (χ4v) is 9.43. The van der Waals surface area contributed by atoms with Gasteiger partial charge in [0, 0.05) is 69.9 Å². The first-order valence-electron chi connectivity index (χ1n) is 17.0. The molecule has 2 atom stereocenters. The minimum Gasteiger partial charge on any atom is -0.506 e. The van der Waals surface area contributed by atoms with Gasteiger partial charge in [-0.3, -0.25) is 14.7 Å². The Morgan fingerprint density at radius 2 is 1.66 bits per heavy atom. The summed E-state index contributed by atoms with van der Waals surface area (Å²) >= 11 is 6.71. The summed E-state index contributed by atoms with van der Waals surface area (Å²) < 4.78 is 6.92. The highest BCUT2D eigenvalue weighted by atomic mass is 79.9. The summed E-state index contributed by atoms with van der Waals surface area (Å²) in [4.78, 5) is 48.8. The van der Waals surface area contributed by atoms with Gasteiger partial charge in [-0.15, -0.1) is 0 Å². The molecule has 0 radical (unpaired) electrons. The molecular formula is C35H45Br2N5O5. The molecular weight excluding hydrogens is 730 g/mol. The number of aldehydes is 1. The van der Waals surface area contributed by atoms with E-state index in [0.29, 0.717) is 46.5 Å². The molecule has 0 unspecified atom stereocenters. The predicted molar refractivity (Wildman–Crippen MR) is 187 cm³/mol. The molecule has 0 aromatic heterocycles. The van der Waals surface area contributed by atoms with Gasteiger partial charge in [-0.25, -0.2) is 9.59 Å². The average molecular weight is 776 g/mol. The number of halogens is 2. The monoisotopic (exact) mass is 773 g/mol. The standard InChI is InChI=1S/C35H45Br2N5O5/c36-29-21-25(22-30(37)32(29)44)24-47-34(46)42-15-12-28(41-14-11-26-7-5-6-10-31(26)38-33(41)45)23-35(42,13-20-43)40-18-16-39(17-19-40)27-8-3-1-2-4-9-27/h5-7,10,20-22,27-28,44H,1-4,8-9,11-19,23-24H2,(H,38,45)/t28-,35+/m1/s1. The maximum absolute atomic E-state index is 14.0. The number of fused-ring (bicyclic) bond motifs is 1. The van der Waals surface area contributed by atoms with Crippen LogP contribution in [0, 0.1) is 0 Å². The molecule has 0 bridgehead atoms. The van der Waals surface area contributed by atoms with E-state index in [1.54, 1.807) is 17.0 Å². The van der Waals surface area contributed by atoms with Gasteiger partial charge < -0.3 is 24.9 Å². The summed E-state index contributed by atoms with van der Waals surface area (Å²) in [6, 6.07) is 11.6. The Hall–Kier alpha value is -2.67. The van der Waals surface area contributed by atoms with Crippen molar-refractivity contribution in [2.75, 3.05) is 44.6 Å². The molecule has 2 aromatic rings. The average Bonchev–Trinajstić information content (AvgIpc) is 3.45. The number of aromatic hydroxyl groups is 1. The molecule has 12 heteroatoms. The summed E-state index contributed by atoms with van der Waals surface area (Å²) in [5, 5.41) is 13.2. The zero-order chi connectivity index (χ0) is 33.0. The molecule has 3 amide bonds. The largest absolute Gasteiger partial charge is 0.506 e. The topological polar surface area (TPSA) is 106 Å². The van der Waals surface area contributed by atoms with Crippen LogP contribution in [0.2, 0.25) is 0 Å². The highest BCUT2D eigenvalue weighted by Gasteiger charge is 2.52. The number of hydrogen-bond donors (Lipinski definition) is 2. The third-order valence-corrected chi connectivity index (χ3v) is 11.9. The first kappa shape index (κ1) is 34.2. The molecule has 47 heavy (non-hydrogen) atoms. The fraction of sp³-hybridized carbons (Fsp3) is 0.571. The van der Waals surface area contributed by atoms with Crippen molar-refractivity contribution in [3.8, 4) is 5.75 Å². The third-order valence-electron chi connectivity index (χ3n) is 10.6. The van der Waals surface area contributed by atoms with Gasteiger partial charge in [-0.05, 0) is 86.9 Å². The second kappa shape index (κ2) is 15.3. The first-order chi connectivity index (χ1) is 22.8. The Kier molecular flexibility index (Phi) is 11.1. The summed E-state index contributed by atoms with van der Waals surface area (Å²) in [6.45, 7) is 4.17. The molecule has 1 saturated carbocycles. The maximum Gasteiger partial charge on any atom is 0.411 e. The highest BCUT2D eigenvalue weighted by molar-refractivity contribution is 9.11. The van der Waals surface area contributed by atoms with Crippen molar-refractivity contribution in [3.63, 3.8) is 0 Å². The molecule has 3 heterocycles. The predicted octanol–water partition coefficient (Wildman–Crippen LogP) is 6.73. The van der Waals surface area contributed by atoms with Crippen molar-refractivity contribution >= 4 is 56.0 Å². The normalized spacial score (nSPS) is 25.0. The number of piperazine rings is 1. The number of carbonyl (C=O) groups excluding carboxylic acids is 3. The number of likely N-dealkylation sites (tertiary alicyclic amines) is 1. The van der Waals surface area contributed by atoms with Crippen molar-refractivity contribution in [2.45, 2.75) is 88.6 Å². The van der Waals surface area contributed by atoms with Crippen LogP contribution in [-0.2, 0) is 22.6 Å². The lowest BCUT2D eigenvalue weighted by atomic mass is 9.85. The van der Waals surface area contributed by atoms with Gasteiger partial charge in [0.25, 0.3) is 0 Å². The number of benzene rings is 2. The van der Waals surface area contributed by atoms with Crippen LogP contribution in [-0.4, -0.2) is 100 Å². The van der Waals surface area contributed by atoms with E-state index in [9.17, 15) is 19.5 Å². The van der Waals surface area contributed by atoms with E-state index in [-0.39, 0.29) is 30.9 Å². The van der Waals surface area contributed by atoms with Crippen LogP contribution in [0.3, 0.4) is 0 Å². The van der Waals surface area contributed by atoms with Gasteiger partial charge in [0.05, 0.1) is 8.95 Å². The minimum absolute atomic E-state index is 0.00958. The van der Waals surface area contributed by atoms with E-state index in [2.05, 4.69) is 47.0 Å². The quantitative estimate of drug-likeness (QED) is 0.238. The second-order valence-electron chi connectivity index (χ2n) is 13.3. The molecule has 254 valence electrons. The molecule has 2 aromatic carbocycles. The lowest BCUT2D eigenvalue weighted by molar-refractivity contribution is -0.130. The first-order valence-corrected chi connectivity index (χ1v) is 18.6. The second-order valence-corrected chi connectivity index (χ2v) is 15.0. The number of ether oxygens (including phenoxy) is 1. The van der Waals surface area contributed by atoms with Crippen molar-refractivity contribution in [1.82, 2.24) is 19.6 Å². The molecule has 10 nitrogen and oxygen atoms in total.